The third-order valence-electron chi connectivity index (χ3n) is 4.51. The SMILES string of the molecule is CCCc1c(O)ccc2c1OC1=C(C2)c2cc(O)c(O)cc2OC1. The van der Waals surface area contributed by atoms with Crippen molar-refractivity contribution in [2.45, 2.75) is 26.2 Å². The molecule has 5 nitrogen and oxygen atoms in total. The Morgan fingerprint density at radius 2 is 1.83 bits per heavy atom. The van der Waals surface area contributed by atoms with Crippen LogP contribution in [-0.4, -0.2) is 21.9 Å². The number of phenols is 3. The molecule has 2 aliphatic heterocycles. The van der Waals surface area contributed by atoms with Crippen molar-refractivity contribution >= 4 is 5.57 Å². The van der Waals surface area contributed by atoms with Gasteiger partial charge in [-0.3, -0.25) is 0 Å². The minimum Gasteiger partial charge on any atom is -0.508 e. The summed E-state index contributed by atoms with van der Waals surface area (Å²) in [5.74, 6) is 1.79. The van der Waals surface area contributed by atoms with Crippen LogP contribution in [0.3, 0.4) is 0 Å². The summed E-state index contributed by atoms with van der Waals surface area (Å²) in [7, 11) is 0. The van der Waals surface area contributed by atoms with Crippen molar-refractivity contribution in [2.75, 3.05) is 6.61 Å². The molecule has 0 bridgehead atoms. The van der Waals surface area contributed by atoms with Crippen LogP contribution in [-0.2, 0) is 12.8 Å². The molecule has 2 aromatic rings. The standard InChI is InChI=1S/C19H18O5/c1-2-3-11-14(20)5-4-10-6-12-13-7-15(21)16(22)8-17(13)23-9-18(12)24-19(10)11/h4-5,7-8,20-22H,2-3,6,9H2,1H3. The molecule has 0 aliphatic carbocycles. The fourth-order valence-corrected chi connectivity index (χ4v) is 3.32. The summed E-state index contributed by atoms with van der Waals surface area (Å²) in [5.41, 5.74) is 3.48. The molecule has 0 saturated carbocycles. The van der Waals surface area contributed by atoms with Gasteiger partial charge in [0.1, 0.15) is 29.6 Å². The molecular formula is C19H18O5. The summed E-state index contributed by atoms with van der Waals surface area (Å²) in [6.07, 6.45) is 2.28. The topological polar surface area (TPSA) is 79.2 Å². The van der Waals surface area contributed by atoms with Crippen LogP contribution < -0.4 is 9.47 Å². The number of rotatable bonds is 2. The van der Waals surface area contributed by atoms with Gasteiger partial charge in [0, 0.05) is 29.2 Å². The first-order valence-corrected chi connectivity index (χ1v) is 8.01. The summed E-state index contributed by atoms with van der Waals surface area (Å²) in [6.45, 7) is 2.31. The molecule has 0 spiro atoms. The van der Waals surface area contributed by atoms with E-state index in [0.29, 0.717) is 23.7 Å². The maximum atomic E-state index is 10.1. The first kappa shape index (κ1) is 14.8. The van der Waals surface area contributed by atoms with Gasteiger partial charge in [-0.15, -0.1) is 0 Å². The molecule has 3 N–H and O–H groups in total. The number of fused-ring (bicyclic) bond motifs is 3. The van der Waals surface area contributed by atoms with E-state index in [2.05, 4.69) is 6.92 Å². The average molecular weight is 326 g/mol. The van der Waals surface area contributed by atoms with Crippen LogP contribution in [0.5, 0.6) is 28.7 Å². The first-order chi connectivity index (χ1) is 11.6. The molecule has 124 valence electrons. The van der Waals surface area contributed by atoms with Gasteiger partial charge < -0.3 is 24.8 Å². The van der Waals surface area contributed by atoms with E-state index in [-0.39, 0.29) is 23.9 Å². The van der Waals surface area contributed by atoms with Crippen LogP contribution >= 0.6 is 0 Å². The van der Waals surface area contributed by atoms with Gasteiger partial charge in [-0.1, -0.05) is 19.4 Å². The number of benzene rings is 2. The van der Waals surface area contributed by atoms with Crippen molar-refractivity contribution in [3.63, 3.8) is 0 Å². The summed E-state index contributed by atoms with van der Waals surface area (Å²) in [6, 6.07) is 6.49. The van der Waals surface area contributed by atoms with Crippen LogP contribution in [0.4, 0.5) is 0 Å². The summed E-state index contributed by atoms with van der Waals surface area (Å²) < 4.78 is 11.7. The molecule has 0 unspecified atom stereocenters. The Hall–Kier alpha value is -2.82. The Morgan fingerprint density at radius 3 is 2.62 bits per heavy atom. The average Bonchev–Trinajstić information content (AvgIpc) is 2.57. The van der Waals surface area contributed by atoms with E-state index in [0.717, 1.165) is 35.1 Å². The number of ether oxygens (including phenoxy) is 2. The van der Waals surface area contributed by atoms with Gasteiger partial charge in [-0.2, -0.15) is 0 Å². The molecule has 0 radical (unpaired) electrons. The van der Waals surface area contributed by atoms with Crippen molar-refractivity contribution in [3.8, 4) is 28.7 Å². The van der Waals surface area contributed by atoms with Crippen LogP contribution in [0.25, 0.3) is 5.57 Å². The van der Waals surface area contributed by atoms with Crippen molar-refractivity contribution in [1.82, 2.24) is 0 Å². The van der Waals surface area contributed by atoms with Gasteiger partial charge in [0.15, 0.2) is 11.5 Å². The molecule has 5 heteroatoms. The summed E-state index contributed by atoms with van der Waals surface area (Å²) in [5, 5.41) is 29.6. The van der Waals surface area contributed by atoms with Crippen molar-refractivity contribution in [1.29, 1.82) is 0 Å². The molecule has 0 amide bonds. The zero-order chi connectivity index (χ0) is 16.8. The third kappa shape index (κ3) is 2.16. The van der Waals surface area contributed by atoms with Crippen molar-refractivity contribution in [2.24, 2.45) is 0 Å². The molecule has 24 heavy (non-hydrogen) atoms. The Balaban J connectivity index is 1.81. The molecule has 4 rings (SSSR count). The normalized spacial score (nSPS) is 15.0. The molecule has 2 aromatic carbocycles. The van der Waals surface area contributed by atoms with E-state index < -0.39 is 0 Å². The fraction of sp³-hybridized carbons (Fsp3) is 0.263. The number of phenolic OH excluding ortho intramolecular Hbond substituents is 3. The summed E-state index contributed by atoms with van der Waals surface area (Å²) in [4.78, 5) is 0. The smallest absolute Gasteiger partial charge is 0.161 e. The highest BCUT2D eigenvalue weighted by Crippen LogP contribution is 2.46. The Bertz CT molecular complexity index is 867. The molecule has 2 aliphatic rings. The Kier molecular flexibility index (Phi) is 3.30. The van der Waals surface area contributed by atoms with Gasteiger partial charge in [0.25, 0.3) is 0 Å². The maximum absolute atomic E-state index is 10.1. The zero-order valence-corrected chi connectivity index (χ0v) is 13.3. The lowest BCUT2D eigenvalue weighted by Gasteiger charge is -2.30. The second-order valence-corrected chi connectivity index (χ2v) is 6.11. The fourth-order valence-electron chi connectivity index (χ4n) is 3.32. The Morgan fingerprint density at radius 1 is 1.04 bits per heavy atom. The van der Waals surface area contributed by atoms with Crippen LogP contribution in [0, 0.1) is 0 Å². The van der Waals surface area contributed by atoms with E-state index in [4.69, 9.17) is 9.47 Å². The zero-order valence-electron chi connectivity index (χ0n) is 13.3. The largest absolute Gasteiger partial charge is 0.508 e. The third-order valence-corrected chi connectivity index (χ3v) is 4.51. The predicted octanol–water partition coefficient (Wildman–Crippen LogP) is 3.49. The molecular weight excluding hydrogens is 308 g/mol. The van der Waals surface area contributed by atoms with Gasteiger partial charge in [0.2, 0.25) is 0 Å². The van der Waals surface area contributed by atoms with E-state index in [1.54, 1.807) is 6.07 Å². The first-order valence-electron chi connectivity index (χ1n) is 8.01. The predicted molar refractivity (Wildman–Crippen MR) is 88.6 cm³/mol. The minimum absolute atomic E-state index is 0.186. The van der Waals surface area contributed by atoms with Crippen LogP contribution in [0.2, 0.25) is 0 Å². The minimum atomic E-state index is -0.204. The second-order valence-electron chi connectivity index (χ2n) is 6.11. The lowest BCUT2D eigenvalue weighted by molar-refractivity contribution is 0.265. The van der Waals surface area contributed by atoms with Crippen molar-refractivity contribution in [3.05, 3.63) is 46.7 Å². The number of allylic oxidation sites excluding steroid dienone is 1. The van der Waals surface area contributed by atoms with Gasteiger partial charge >= 0.3 is 0 Å². The lowest BCUT2D eigenvalue weighted by Crippen LogP contribution is -2.21. The van der Waals surface area contributed by atoms with Gasteiger partial charge in [0.05, 0.1) is 0 Å². The van der Waals surface area contributed by atoms with Crippen LogP contribution in [0.15, 0.2) is 30.0 Å². The number of hydrogen-bond acceptors (Lipinski definition) is 5. The van der Waals surface area contributed by atoms with Gasteiger partial charge in [-0.05, 0) is 24.1 Å². The number of hydrogen-bond donors (Lipinski definition) is 3. The van der Waals surface area contributed by atoms with Crippen LogP contribution in [0.1, 0.15) is 30.0 Å². The number of aromatic hydroxyl groups is 3. The molecule has 2 heterocycles. The molecule has 0 aromatic heterocycles. The maximum Gasteiger partial charge on any atom is 0.161 e. The molecule has 0 saturated heterocycles. The highest BCUT2D eigenvalue weighted by atomic mass is 16.5. The molecule has 0 atom stereocenters. The summed E-state index contributed by atoms with van der Waals surface area (Å²) >= 11 is 0. The van der Waals surface area contributed by atoms with Crippen molar-refractivity contribution < 1.29 is 24.8 Å². The quantitative estimate of drug-likeness (QED) is 0.736. The highest BCUT2D eigenvalue weighted by Gasteiger charge is 2.30. The van der Waals surface area contributed by atoms with E-state index >= 15 is 0 Å². The highest BCUT2D eigenvalue weighted by molar-refractivity contribution is 5.80. The Labute approximate surface area is 139 Å². The van der Waals surface area contributed by atoms with E-state index in [9.17, 15) is 15.3 Å². The monoisotopic (exact) mass is 326 g/mol. The second kappa shape index (κ2) is 5.37. The molecule has 0 fully saturated rings. The van der Waals surface area contributed by atoms with Gasteiger partial charge in [-0.25, -0.2) is 0 Å². The van der Waals surface area contributed by atoms with E-state index in [1.807, 2.05) is 6.07 Å². The van der Waals surface area contributed by atoms with E-state index in [1.165, 1.54) is 12.1 Å². The lowest BCUT2D eigenvalue weighted by atomic mass is 9.90.